The summed E-state index contributed by atoms with van der Waals surface area (Å²) in [5, 5.41) is 12.9. The number of ether oxygens (including phenoxy) is 1. The number of benzene rings is 1. The smallest absolute Gasteiger partial charge is 0.244 e. The van der Waals surface area contributed by atoms with Gasteiger partial charge in [0.05, 0.1) is 7.11 Å². The Labute approximate surface area is 150 Å². The van der Waals surface area contributed by atoms with Crippen molar-refractivity contribution in [1.82, 2.24) is 5.32 Å². The molecule has 25 heavy (non-hydrogen) atoms. The second-order valence-corrected chi connectivity index (χ2v) is 8.27. The van der Waals surface area contributed by atoms with Crippen LogP contribution in [-0.2, 0) is 4.79 Å². The van der Waals surface area contributed by atoms with Crippen LogP contribution in [0.3, 0.4) is 0 Å². The van der Waals surface area contributed by atoms with Crippen LogP contribution in [0.5, 0.6) is 11.5 Å². The molecule has 4 heteroatoms. The van der Waals surface area contributed by atoms with E-state index in [0.29, 0.717) is 5.75 Å². The summed E-state index contributed by atoms with van der Waals surface area (Å²) in [6.45, 7) is 4.55. The van der Waals surface area contributed by atoms with Crippen molar-refractivity contribution in [3.05, 3.63) is 29.8 Å². The van der Waals surface area contributed by atoms with E-state index >= 15 is 0 Å². The lowest BCUT2D eigenvalue weighted by Gasteiger charge is -2.47. The maximum absolute atomic E-state index is 12.4. The number of phenolic OH excluding ortho intramolecular Hbond substituents is 1. The van der Waals surface area contributed by atoms with Crippen LogP contribution >= 0.6 is 0 Å². The highest BCUT2D eigenvalue weighted by atomic mass is 16.5. The third kappa shape index (κ3) is 4.36. The fourth-order valence-corrected chi connectivity index (χ4v) is 5.00. The van der Waals surface area contributed by atoms with Crippen molar-refractivity contribution in [1.29, 1.82) is 0 Å². The number of rotatable bonds is 4. The van der Waals surface area contributed by atoms with Gasteiger partial charge in [-0.15, -0.1) is 0 Å². The number of carbonyl (C=O) groups excluding carboxylic acids is 1. The molecule has 2 atom stereocenters. The Hall–Kier alpha value is -1.97. The SMILES string of the molecule is COc1cc(/C=C/C(=O)NC2(C)CC3CC(C)CC(C3)C2)ccc1O. The molecule has 2 saturated carbocycles. The Balaban J connectivity index is 1.62. The number of amides is 1. The second-order valence-electron chi connectivity index (χ2n) is 8.27. The Morgan fingerprint density at radius 3 is 2.60 bits per heavy atom. The minimum absolute atomic E-state index is 0.0532. The highest BCUT2D eigenvalue weighted by Gasteiger charge is 2.41. The molecule has 3 rings (SSSR count). The first-order valence-corrected chi connectivity index (χ1v) is 9.24. The summed E-state index contributed by atoms with van der Waals surface area (Å²) in [6.07, 6.45) is 9.42. The molecular formula is C21H29NO3. The largest absolute Gasteiger partial charge is 0.504 e. The lowest BCUT2D eigenvalue weighted by atomic mass is 9.62. The van der Waals surface area contributed by atoms with Gasteiger partial charge in [-0.1, -0.05) is 13.0 Å². The van der Waals surface area contributed by atoms with E-state index in [1.807, 2.05) is 0 Å². The number of aromatic hydroxyl groups is 1. The molecule has 0 radical (unpaired) electrons. The molecule has 2 fully saturated rings. The molecule has 0 spiro atoms. The Kier molecular flexibility index (Phi) is 5.07. The Bertz CT molecular complexity index is 649. The van der Waals surface area contributed by atoms with E-state index in [1.54, 1.807) is 30.4 Å². The molecule has 2 aliphatic rings. The zero-order valence-electron chi connectivity index (χ0n) is 15.4. The van der Waals surface area contributed by atoms with E-state index in [4.69, 9.17) is 4.74 Å². The molecule has 0 aliphatic heterocycles. The summed E-state index contributed by atoms with van der Waals surface area (Å²) >= 11 is 0. The minimum Gasteiger partial charge on any atom is -0.504 e. The highest BCUT2D eigenvalue weighted by molar-refractivity contribution is 5.92. The fourth-order valence-electron chi connectivity index (χ4n) is 5.00. The maximum atomic E-state index is 12.4. The van der Waals surface area contributed by atoms with Crippen molar-refractivity contribution < 1.29 is 14.6 Å². The maximum Gasteiger partial charge on any atom is 0.244 e. The zero-order chi connectivity index (χ0) is 18.0. The van der Waals surface area contributed by atoms with E-state index in [9.17, 15) is 9.90 Å². The van der Waals surface area contributed by atoms with E-state index in [2.05, 4.69) is 19.2 Å². The summed E-state index contributed by atoms with van der Waals surface area (Å²) in [6, 6.07) is 5.05. The van der Waals surface area contributed by atoms with Crippen LogP contribution in [0, 0.1) is 17.8 Å². The Morgan fingerprint density at radius 2 is 1.96 bits per heavy atom. The van der Waals surface area contributed by atoms with E-state index < -0.39 is 0 Å². The first-order valence-electron chi connectivity index (χ1n) is 9.24. The van der Waals surface area contributed by atoms with Crippen LogP contribution < -0.4 is 10.1 Å². The van der Waals surface area contributed by atoms with Gasteiger partial charge in [-0.25, -0.2) is 0 Å². The summed E-state index contributed by atoms with van der Waals surface area (Å²) in [5.41, 5.74) is 0.728. The number of nitrogens with one attached hydrogen (secondary N) is 1. The third-order valence-electron chi connectivity index (χ3n) is 5.67. The van der Waals surface area contributed by atoms with Crippen LogP contribution in [0.25, 0.3) is 6.08 Å². The van der Waals surface area contributed by atoms with Crippen LogP contribution in [0.1, 0.15) is 51.5 Å². The highest BCUT2D eigenvalue weighted by Crippen LogP contribution is 2.46. The van der Waals surface area contributed by atoms with Gasteiger partial charge in [0.25, 0.3) is 0 Å². The normalized spacial score (nSPS) is 31.7. The molecule has 136 valence electrons. The van der Waals surface area contributed by atoms with Gasteiger partial charge >= 0.3 is 0 Å². The molecule has 2 aliphatic carbocycles. The van der Waals surface area contributed by atoms with Crippen molar-refractivity contribution in [2.24, 2.45) is 17.8 Å². The molecule has 4 nitrogen and oxygen atoms in total. The summed E-state index contributed by atoms with van der Waals surface area (Å²) < 4.78 is 5.10. The molecule has 1 aromatic rings. The van der Waals surface area contributed by atoms with Gasteiger partial charge in [0.1, 0.15) is 0 Å². The van der Waals surface area contributed by atoms with Crippen molar-refractivity contribution in [2.75, 3.05) is 7.11 Å². The standard InChI is InChI=1S/C21H29NO3/c1-14-8-16-10-17(9-14)13-21(2,12-16)22-20(24)7-5-15-4-6-18(23)19(11-15)25-3/h4-7,11,14,16-17,23H,8-10,12-13H2,1-3H3,(H,22,24)/b7-5+. The molecule has 0 aromatic heterocycles. The number of methoxy groups -OCH3 is 1. The fraction of sp³-hybridized carbons (Fsp3) is 0.571. The number of hydrogen-bond acceptors (Lipinski definition) is 3. The second kappa shape index (κ2) is 7.11. The van der Waals surface area contributed by atoms with Gasteiger partial charge in [0, 0.05) is 11.6 Å². The minimum atomic E-state index is -0.0954. The molecule has 2 N–H and O–H groups in total. The van der Waals surface area contributed by atoms with E-state index in [0.717, 1.165) is 36.2 Å². The molecule has 1 amide bonds. The number of phenols is 1. The van der Waals surface area contributed by atoms with Crippen molar-refractivity contribution in [2.45, 2.75) is 51.5 Å². The van der Waals surface area contributed by atoms with Crippen LogP contribution in [0.4, 0.5) is 0 Å². The van der Waals surface area contributed by atoms with Gasteiger partial charge in [-0.05, 0) is 80.6 Å². The molecule has 2 bridgehead atoms. The lowest BCUT2D eigenvalue weighted by Crippen LogP contribution is -2.52. The van der Waals surface area contributed by atoms with Crippen molar-refractivity contribution in [3.63, 3.8) is 0 Å². The van der Waals surface area contributed by atoms with Gasteiger partial charge < -0.3 is 15.2 Å². The van der Waals surface area contributed by atoms with Crippen molar-refractivity contribution in [3.8, 4) is 11.5 Å². The first kappa shape index (κ1) is 17.8. The Morgan fingerprint density at radius 1 is 1.28 bits per heavy atom. The monoisotopic (exact) mass is 343 g/mol. The van der Waals surface area contributed by atoms with Crippen molar-refractivity contribution >= 4 is 12.0 Å². The van der Waals surface area contributed by atoms with Crippen LogP contribution in [-0.4, -0.2) is 23.7 Å². The van der Waals surface area contributed by atoms with E-state index in [-0.39, 0.29) is 17.2 Å². The molecule has 1 aromatic carbocycles. The average Bonchev–Trinajstić information content (AvgIpc) is 2.52. The average molecular weight is 343 g/mol. The number of hydrogen-bond donors (Lipinski definition) is 2. The lowest BCUT2D eigenvalue weighted by molar-refractivity contribution is -0.119. The van der Waals surface area contributed by atoms with E-state index in [1.165, 1.54) is 26.4 Å². The van der Waals surface area contributed by atoms with Gasteiger partial charge in [0.2, 0.25) is 5.91 Å². The van der Waals surface area contributed by atoms with Crippen LogP contribution in [0.15, 0.2) is 24.3 Å². The summed E-state index contributed by atoms with van der Waals surface area (Å²) in [4.78, 5) is 12.4. The summed E-state index contributed by atoms with van der Waals surface area (Å²) in [7, 11) is 1.51. The molecule has 2 unspecified atom stereocenters. The molecule has 0 heterocycles. The van der Waals surface area contributed by atoms with Crippen LogP contribution in [0.2, 0.25) is 0 Å². The predicted molar refractivity (Wildman–Crippen MR) is 99.5 cm³/mol. The number of fused-ring (bicyclic) bond motifs is 2. The van der Waals surface area contributed by atoms with Gasteiger partial charge in [0.15, 0.2) is 11.5 Å². The first-order chi connectivity index (χ1) is 11.9. The van der Waals surface area contributed by atoms with Gasteiger partial charge in [-0.2, -0.15) is 0 Å². The van der Waals surface area contributed by atoms with Gasteiger partial charge in [-0.3, -0.25) is 4.79 Å². The summed E-state index contributed by atoms with van der Waals surface area (Å²) in [5.74, 6) is 2.77. The molecular weight excluding hydrogens is 314 g/mol. The quantitative estimate of drug-likeness (QED) is 0.808. The zero-order valence-corrected chi connectivity index (χ0v) is 15.4. The third-order valence-corrected chi connectivity index (χ3v) is 5.67. The predicted octanol–water partition coefficient (Wildman–Crippen LogP) is 4.14. The molecule has 0 saturated heterocycles. The number of carbonyl (C=O) groups is 1. The topological polar surface area (TPSA) is 58.6 Å².